The highest BCUT2D eigenvalue weighted by Gasteiger charge is 2.22. The summed E-state index contributed by atoms with van der Waals surface area (Å²) in [5.41, 5.74) is 2.76. The Morgan fingerprint density at radius 2 is 2.24 bits per heavy atom. The molecule has 94 valence electrons. The van der Waals surface area contributed by atoms with Crippen LogP contribution < -0.4 is 4.74 Å². The number of fused-ring (bicyclic) bond motifs is 1. The molecule has 0 radical (unpaired) electrons. The highest BCUT2D eigenvalue weighted by molar-refractivity contribution is 9.09. The van der Waals surface area contributed by atoms with Crippen LogP contribution in [0.1, 0.15) is 49.6 Å². The number of rotatable bonds is 4. The standard InChI is InChI=1S/C15H21BrO/c1-4-5-10(2)15(16)12-6-7-14-13(9-12)8-11(3)17-14/h6-7,9-11,15H,4-5,8H2,1-3H3. The molecule has 2 rings (SSSR count). The number of ether oxygens (including phenoxy) is 1. The predicted octanol–water partition coefficient (Wildman–Crippen LogP) is 4.88. The molecule has 1 aliphatic heterocycles. The first-order valence-corrected chi connectivity index (χ1v) is 7.47. The highest BCUT2D eigenvalue weighted by atomic mass is 79.9. The summed E-state index contributed by atoms with van der Waals surface area (Å²) in [7, 11) is 0. The van der Waals surface area contributed by atoms with E-state index in [9.17, 15) is 0 Å². The molecule has 0 saturated heterocycles. The van der Waals surface area contributed by atoms with E-state index in [0.29, 0.717) is 16.8 Å². The van der Waals surface area contributed by atoms with Crippen molar-refractivity contribution >= 4 is 15.9 Å². The Bertz CT molecular complexity index is 389. The molecule has 17 heavy (non-hydrogen) atoms. The number of hydrogen-bond acceptors (Lipinski definition) is 1. The number of halogens is 1. The summed E-state index contributed by atoms with van der Waals surface area (Å²) in [5.74, 6) is 1.75. The van der Waals surface area contributed by atoms with Crippen molar-refractivity contribution in [2.45, 2.75) is 51.0 Å². The zero-order valence-electron chi connectivity index (χ0n) is 10.9. The molecule has 0 fully saturated rings. The molecule has 1 aromatic rings. The lowest BCUT2D eigenvalue weighted by Gasteiger charge is -2.18. The summed E-state index contributed by atoms with van der Waals surface area (Å²) in [5, 5.41) is 0. The molecule has 0 aromatic heterocycles. The van der Waals surface area contributed by atoms with Crippen LogP contribution in [0.25, 0.3) is 0 Å². The Labute approximate surface area is 113 Å². The second kappa shape index (κ2) is 5.43. The number of hydrogen-bond donors (Lipinski definition) is 0. The van der Waals surface area contributed by atoms with Crippen molar-refractivity contribution in [3.05, 3.63) is 29.3 Å². The fourth-order valence-electron chi connectivity index (χ4n) is 2.54. The molecule has 3 unspecified atom stereocenters. The van der Waals surface area contributed by atoms with Crippen molar-refractivity contribution in [1.82, 2.24) is 0 Å². The van der Waals surface area contributed by atoms with Gasteiger partial charge in [-0.1, -0.05) is 48.3 Å². The molecule has 2 heteroatoms. The fraction of sp³-hybridized carbons (Fsp3) is 0.600. The quantitative estimate of drug-likeness (QED) is 0.720. The second-order valence-corrected chi connectivity index (χ2v) is 6.15. The summed E-state index contributed by atoms with van der Waals surface area (Å²) in [6.07, 6.45) is 3.89. The summed E-state index contributed by atoms with van der Waals surface area (Å²) in [4.78, 5) is 0.462. The van der Waals surface area contributed by atoms with E-state index in [1.165, 1.54) is 24.0 Å². The van der Waals surface area contributed by atoms with Gasteiger partial charge < -0.3 is 4.74 Å². The molecule has 0 aliphatic carbocycles. The van der Waals surface area contributed by atoms with Gasteiger partial charge in [0, 0.05) is 11.2 Å². The Morgan fingerprint density at radius 3 is 2.94 bits per heavy atom. The Balaban J connectivity index is 2.15. The van der Waals surface area contributed by atoms with Crippen LogP contribution in [0.5, 0.6) is 5.75 Å². The summed E-state index contributed by atoms with van der Waals surface area (Å²) >= 11 is 3.84. The molecule has 1 nitrogen and oxygen atoms in total. The molecule has 0 saturated carbocycles. The summed E-state index contributed by atoms with van der Waals surface area (Å²) in [6, 6.07) is 6.63. The van der Waals surface area contributed by atoms with Crippen LogP contribution >= 0.6 is 15.9 Å². The molecule has 1 heterocycles. The first-order valence-electron chi connectivity index (χ1n) is 6.55. The van der Waals surface area contributed by atoms with Gasteiger partial charge in [0.15, 0.2) is 0 Å². The van der Waals surface area contributed by atoms with Gasteiger partial charge >= 0.3 is 0 Å². The Hall–Kier alpha value is -0.500. The van der Waals surface area contributed by atoms with Crippen molar-refractivity contribution in [3.8, 4) is 5.75 Å². The van der Waals surface area contributed by atoms with Crippen LogP contribution in [-0.4, -0.2) is 6.10 Å². The van der Waals surface area contributed by atoms with Crippen LogP contribution in [0.4, 0.5) is 0 Å². The van der Waals surface area contributed by atoms with E-state index in [1.54, 1.807) is 0 Å². The molecular weight excluding hydrogens is 276 g/mol. The minimum atomic E-state index is 0.335. The van der Waals surface area contributed by atoms with Crippen LogP contribution in [0, 0.1) is 5.92 Å². The van der Waals surface area contributed by atoms with E-state index >= 15 is 0 Å². The smallest absolute Gasteiger partial charge is 0.123 e. The fourth-order valence-corrected chi connectivity index (χ4v) is 3.09. The van der Waals surface area contributed by atoms with Gasteiger partial charge in [-0.2, -0.15) is 0 Å². The molecule has 0 bridgehead atoms. The zero-order valence-corrected chi connectivity index (χ0v) is 12.5. The maximum absolute atomic E-state index is 5.73. The molecule has 0 N–H and O–H groups in total. The number of benzene rings is 1. The van der Waals surface area contributed by atoms with E-state index in [1.807, 2.05) is 0 Å². The van der Waals surface area contributed by atoms with E-state index in [-0.39, 0.29) is 0 Å². The van der Waals surface area contributed by atoms with Crippen LogP contribution in [0.2, 0.25) is 0 Å². The van der Waals surface area contributed by atoms with E-state index in [2.05, 4.69) is 54.9 Å². The molecular formula is C15H21BrO. The van der Waals surface area contributed by atoms with Gasteiger partial charge in [0.25, 0.3) is 0 Å². The van der Waals surface area contributed by atoms with Crippen molar-refractivity contribution in [2.24, 2.45) is 5.92 Å². The second-order valence-electron chi connectivity index (χ2n) is 5.17. The van der Waals surface area contributed by atoms with Gasteiger partial charge in [0.2, 0.25) is 0 Å². The third-order valence-electron chi connectivity index (χ3n) is 3.48. The first-order chi connectivity index (χ1) is 8.11. The summed E-state index contributed by atoms with van der Waals surface area (Å²) < 4.78 is 5.73. The van der Waals surface area contributed by atoms with Crippen LogP contribution in [-0.2, 0) is 6.42 Å². The maximum Gasteiger partial charge on any atom is 0.123 e. The van der Waals surface area contributed by atoms with Crippen molar-refractivity contribution in [3.63, 3.8) is 0 Å². The minimum Gasteiger partial charge on any atom is -0.490 e. The van der Waals surface area contributed by atoms with E-state index in [0.717, 1.165) is 12.2 Å². The molecule has 0 amide bonds. The average molecular weight is 297 g/mol. The monoisotopic (exact) mass is 296 g/mol. The lowest BCUT2D eigenvalue weighted by atomic mass is 9.95. The highest BCUT2D eigenvalue weighted by Crippen LogP contribution is 2.37. The maximum atomic E-state index is 5.73. The van der Waals surface area contributed by atoms with Crippen LogP contribution in [0.3, 0.4) is 0 Å². The molecule has 1 aromatic carbocycles. The van der Waals surface area contributed by atoms with E-state index in [4.69, 9.17) is 4.74 Å². The van der Waals surface area contributed by atoms with Gasteiger partial charge in [0.05, 0.1) is 0 Å². The third kappa shape index (κ3) is 2.85. The largest absolute Gasteiger partial charge is 0.490 e. The third-order valence-corrected chi connectivity index (χ3v) is 4.91. The number of alkyl halides is 1. The van der Waals surface area contributed by atoms with Crippen LogP contribution in [0.15, 0.2) is 18.2 Å². The molecule has 0 spiro atoms. The van der Waals surface area contributed by atoms with Gasteiger partial charge in [-0.25, -0.2) is 0 Å². The molecule has 1 aliphatic rings. The molecule has 3 atom stereocenters. The SMILES string of the molecule is CCCC(C)C(Br)c1ccc2c(c1)CC(C)O2. The van der Waals surface area contributed by atoms with Gasteiger partial charge in [-0.15, -0.1) is 0 Å². The Morgan fingerprint density at radius 1 is 1.47 bits per heavy atom. The Kier molecular flexibility index (Phi) is 4.13. The van der Waals surface area contributed by atoms with Gasteiger partial charge in [-0.3, -0.25) is 0 Å². The van der Waals surface area contributed by atoms with E-state index < -0.39 is 0 Å². The van der Waals surface area contributed by atoms with Crippen molar-refractivity contribution in [1.29, 1.82) is 0 Å². The normalized spacial score (nSPS) is 21.8. The summed E-state index contributed by atoms with van der Waals surface area (Å²) in [6.45, 7) is 6.69. The lowest BCUT2D eigenvalue weighted by Crippen LogP contribution is -2.05. The van der Waals surface area contributed by atoms with Crippen molar-refractivity contribution < 1.29 is 4.74 Å². The topological polar surface area (TPSA) is 9.23 Å². The first kappa shape index (κ1) is 12.9. The van der Waals surface area contributed by atoms with Gasteiger partial charge in [-0.05, 0) is 36.5 Å². The van der Waals surface area contributed by atoms with Crippen molar-refractivity contribution in [2.75, 3.05) is 0 Å². The lowest BCUT2D eigenvalue weighted by molar-refractivity contribution is 0.254. The minimum absolute atomic E-state index is 0.335. The average Bonchev–Trinajstić information content (AvgIpc) is 2.67. The van der Waals surface area contributed by atoms with Gasteiger partial charge in [0.1, 0.15) is 11.9 Å². The zero-order chi connectivity index (χ0) is 12.4. The predicted molar refractivity (Wildman–Crippen MR) is 76.0 cm³/mol.